The van der Waals surface area contributed by atoms with Gasteiger partial charge in [0.15, 0.2) is 0 Å². The van der Waals surface area contributed by atoms with Gasteiger partial charge < -0.3 is 34.3 Å². The maximum atomic E-state index is 10.6. The van der Waals surface area contributed by atoms with Crippen molar-refractivity contribution in [1.82, 2.24) is 9.97 Å². The second-order valence-electron chi connectivity index (χ2n) is 2.78. The van der Waals surface area contributed by atoms with Crippen LogP contribution in [-0.4, -0.2) is 68.9 Å². The molecule has 0 aromatic carbocycles. The first-order valence-corrected chi connectivity index (χ1v) is 7.18. The molecule has 12 nitrogen and oxygen atoms in total. The van der Waals surface area contributed by atoms with Crippen LogP contribution in [0.5, 0.6) is 0 Å². The van der Waals surface area contributed by atoms with E-state index in [1.54, 1.807) is 6.92 Å². The summed E-state index contributed by atoms with van der Waals surface area (Å²) in [5, 5.41) is 0. The molecule has 0 amide bonds. The first-order chi connectivity index (χ1) is 8.20. The summed E-state index contributed by atoms with van der Waals surface area (Å²) in [4.78, 5) is 68.4. The normalized spacial score (nSPS) is 10.2. The number of nitrogens with one attached hydrogen (secondary N) is 2. The molecule has 0 saturated heterocycles. The summed E-state index contributed by atoms with van der Waals surface area (Å²) in [6.45, 7) is 1.62. The first kappa shape index (κ1) is 24.9. The standard InChI is InChI=1S/C5H6N2O2.Na.2H3O4P.H/c1-3-2-6-5(9)7-4(3)8;;2*1-5(2,3)4;/h2H,1H3,(H2,6,7,8,9);;2*(H3,1,2,3,4);. The Bertz CT molecular complexity index is 547. The molecule has 0 unspecified atom stereocenters. The predicted molar refractivity (Wildman–Crippen MR) is 68.1 cm³/mol. The van der Waals surface area contributed by atoms with Crippen LogP contribution in [0.25, 0.3) is 0 Å². The summed E-state index contributed by atoms with van der Waals surface area (Å²) >= 11 is 0. The van der Waals surface area contributed by atoms with E-state index < -0.39 is 21.3 Å². The van der Waals surface area contributed by atoms with E-state index in [-0.39, 0.29) is 35.1 Å². The number of rotatable bonds is 0. The molecule has 0 aliphatic carbocycles. The van der Waals surface area contributed by atoms with Crippen LogP contribution in [0.15, 0.2) is 15.8 Å². The van der Waals surface area contributed by atoms with Crippen LogP contribution < -0.4 is 11.2 Å². The predicted octanol–water partition coefficient (Wildman–Crippen LogP) is -3.13. The molecule has 1 heterocycles. The molecule has 114 valence electrons. The molecule has 0 atom stereocenters. The summed E-state index contributed by atoms with van der Waals surface area (Å²) in [6, 6.07) is 0. The minimum absolute atomic E-state index is 0. The number of aromatic amines is 2. The second-order valence-corrected chi connectivity index (χ2v) is 4.83. The number of aryl methyl sites for hydroxylation is 1. The molecule has 0 bridgehead atoms. The summed E-state index contributed by atoms with van der Waals surface area (Å²) in [6.07, 6.45) is 1.38. The quantitative estimate of drug-likeness (QED) is 0.174. The topological polar surface area (TPSA) is 221 Å². The average Bonchev–Trinajstić information content (AvgIpc) is 2.06. The third-order valence-corrected chi connectivity index (χ3v) is 1.00. The molecular weight excluding hydrogens is 333 g/mol. The SMILES string of the molecule is Cc1c[nH]c(=O)[nH]c1=O.O=P(O)(O)O.O=P(O)(O)O.[NaH]. The zero-order valence-corrected chi connectivity index (χ0v) is 11.1. The molecule has 0 radical (unpaired) electrons. The van der Waals surface area contributed by atoms with Gasteiger partial charge in [-0.2, -0.15) is 0 Å². The Labute approximate surface area is 133 Å². The molecule has 1 aromatic rings. The van der Waals surface area contributed by atoms with Gasteiger partial charge in [0.25, 0.3) is 5.56 Å². The molecule has 15 heteroatoms. The molecule has 8 N–H and O–H groups in total. The van der Waals surface area contributed by atoms with Gasteiger partial charge in [-0.15, -0.1) is 0 Å². The van der Waals surface area contributed by atoms with Crippen LogP contribution >= 0.6 is 15.6 Å². The molecule has 0 saturated carbocycles. The molecule has 20 heavy (non-hydrogen) atoms. The zero-order valence-electron chi connectivity index (χ0n) is 9.29. The van der Waals surface area contributed by atoms with E-state index >= 15 is 0 Å². The van der Waals surface area contributed by atoms with Gasteiger partial charge in [0.05, 0.1) is 0 Å². The zero-order chi connectivity index (χ0) is 15.9. The number of aromatic nitrogens is 2. The molecular formula is C5H13N2NaO10P2. The van der Waals surface area contributed by atoms with Gasteiger partial charge in [-0.25, -0.2) is 13.9 Å². The van der Waals surface area contributed by atoms with Gasteiger partial charge in [0.1, 0.15) is 0 Å². The van der Waals surface area contributed by atoms with Gasteiger partial charge in [0, 0.05) is 11.8 Å². The summed E-state index contributed by atoms with van der Waals surface area (Å²) in [7, 11) is -9.28. The number of hydrogen-bond acceptors (Lipinski definition) is 4. The van der Waals surface area contributed by atoms with Gasteiger partial charge in [-0.1, -0.05) is 0 Å². The number of hydrogen-bond donors (Lipinski definition) is 8. The fourth-order valence-electron chi connectivity index (χ4n) is 0.477. The minimum atomic E-state index is -4.64. The summed E-state index contributed by atoms with van der Waals surface area (Å²) in [5.74, 6) is 0. The Morgan fingerprint density at radius 1 is 0.950 bits per heavy atom. The third-order valence-electron chi connectivity index (χ3n) is 1.00. The van der Waals surface area contributed by atoms with Crippen molar-refractivity contribution in [2.24, 2.45) is 0 Å². The van der Waals surface area contributed by atoms with Crippen LogP contribution in [0.1, 0.15) is 5.56 Å². The molecule has 1 rings (SSSR count). The monoisotopic (exact) mass is 346 g/mol. The summed E-state index contributed by atoms with van der Waals surface area (Å²) in [5.41, 5.74) is -0.293. The van der Waals surface area contributed by atoms with Gasteiger partial charge in [-0.05, 0) is 6.92 Å². The van der Waals surface area contributed by atoms with Crippen LogP contribution in [0.4, 0.5) is 0 Å². The third kappa shape index (κ3) is 30.7. The van der Waals surface area contributed by atoms with Crippen LogP contribution in [0.2, 0.25) is 0 Å². The van der Waals surface area contributed by atoms with Crippen molar-refractivity contribution in [2.45, 2.75) is 6.92 Å². The molecule has 0 aliphatic rings. The van der Waals surface area contributed by atoms with Gasteiger partial charge in [-0.3, -0.25) is 9.78 Å². The fourth-order valence-corrected chi connectivity index (χ4v) is 0.477. The Morgan fingerprint density at radius 3 is 1.45 bits per heavy atom. The van der Waals surface area contributed by atoms with Crippen molar-refractivity contribution < 1.29 is 38.5 Å². The maximum absolute atomic E-state index is 10.6. The second kappa shape index (κ2) is 10.6. The molecule has 1 aromatic heterocycles. The summed E-state index contributed by atoms with van der Waals surface area (Å²) < 4.78 is 17.8. The van der Waals surface area contributed by atoms with Crippen LogP contribution in [0, 0.1) is 6.92 Å². The van der Waals surface area contributed by atoms with Crippen molar-refractivity contribution in [2.75, 3.05) is 0 Å². The van der Waals surface area contributed by atoms with Crippen molar-refractivity contribution in [3.63, 3.8) is 0 Å². The van der Waals surface area contributed by atoms with Crippen molar-refractivity contribution in [3.8, 4) is 0 Å². The number of H-pyrrole nitrogens is 2. The first-order valence-electron chi connectivity index (χ1n) is 4.05. The molecule has 0 aliphatic heterocycles. The van der Waals surface area contributed by atoms with Crippen molar-refractivity contribution in [3.05, 3.63) is 32.6 Å². The Hall–Kier alpha value is -0.100. The Kier molecular flexibility index (Phi) is 13.2. The van der Waals surface area contributed by atoms with Crippen LogP contribution in [-0.2, 0) is 9.13 Å². The van der Waals surface area contributed by atoms with E-state index in [1.807, 2.05) is 0 Å². The molecule has 0 spiro atoms. The average molecular weight is 346 g/mol. The van der Waals surface area contributed by atoms with E-state index in [0.29, 0.717) is 5.56 Å². The van der Waals surface area contributed by atoms with Crippen molar-refractivity contribution in [1.29, 1.82) is 0 Å². The Morgan fingerprint density at radius 2 is 1.25 bits per heavy atom. The van der Waals surface area contributed by atoms with Crippen molar-refractivity contribution >= 4 is 45.2 Å². The van der Waals surface area contributed by atoms with E-state index in [2.05, 4.69) is 9.97 Å². The number of phosphoric acid groups is 2. The van der Waals surface area contributed by atoms with E-state index in [9.17, 15) is 9.59 Å². The Balaban J connectivity index is -0.000000230. The van der Waals surface area contributed by atoms with E-state index in [1.165, 1.54) is 6.20 Å². The molecule has 0 fully saturated rings. The van der Waals surface area contributed by atoms with Crippen LogP contribution in [0.3, 0.4) is 0 Å². The van der Waals surface area contributed by atoms with E-state index in [0.717, 1.165) is 0 Å². The fraction of sp³-hybridized carbons (Fsp3) is 0.200. The van der Waals surface area contributed by atoms with Gasteiger partial charge >= 0.3 is 50.9 Å². The van der Waals surface area contributed by atoms with Gasteiger partial charge in [0.2, 0.25) is 0 Å². The van der Waals surface area contributed by atoms with E-state index in [4.69, 9.17) is 38.5 Å².